The second-order valence-corrected chi connectivity index (χ2v) is 5.95. The zero-order valence-electron chi connectivity index (χ0n) is 12.3. The minimum absolute atomic E-state index is 0.0946. The van der Waals surface area contributed by atoms with Crippen molar-refractivity contribution in [3.63, 3.8) is 0 Å². The van der Waals surface area contributed by atoms with Gasteiger partial charge in [0.25, 0.3) is 11.6 Å². The number of fused-ring (bicyclic) bond motifs is 1. The monoisotopic (exact) mass is 330 g/mol. The fraction of sp³-hybridized carbons (Fsp3) is 0.235. The average molecular weight is 331 g/mol. The second-order valence-electron chi connectivity index (χ2n) is 5.54. The van der Waals surface area contributed by atoms with Gasteiger partial charge >= 0.3 is 0 Å². The van der Waals surface area contributed by atoms with Crippen LogP contribution < -0.4 is 5.32 Å². The van der Waals surface area contributed by atoms with E-state index in [1.807, 2.05) is 18.2 Å². The van der Waals surface area contributed by atoms with Gasteiger partial charge in [0.15, 0.2) is 0 Å². The van der Waals surface area contributed by atoms with E-state index in [1.165, 1.54) is 23.8 Å². The van der Waals surface area contributed by atoms with Crippen LogP contribution in [0.5, 0.6) is 0 Å². The number of hydrogen-bond donors (Lipinski definition) is 1. The number of aryl methyl sites for hydroxylation is 1. The third kappa shape index (κ3) is 3.19. The molecule has 0 unspecified atom stereocenters. The molecule has 0 spiro atoms. The van der Waals surface area contributed by atoms with Crippen molar-refractivity contribution >= 4 is 23.2 Å². The molecule has 0 radical (unpaired) electrons. The molecule has 2 aromatic rings. The van der Waals surface area contributed by atoms with Gasteiger partial charge in [-0.25, -0.2) is 0 Å². The summed E-state index contributed by atoms with van der Waals surface area (Å²) in [7, 11) is 0. The zero-order valence-corrected chi connectivity index (χ0v) is 13.0. The van der Waals surface area contributed by atoms with Crippen LogP contribution in [0.25, 0.3) is 0 Å². The number of nitrogens with one attached hydrogen (secondary N) is 1. The summed E-state index contributed by atoms with van der Waals surface area (Å²) in [5.41, 5.74) is 2.32. The van der Waals surface area contributed by atoms with E-state index in [0.717, 1.165) is 24.8 Å². The van der Waals surface area contributed by atoms with Crippen LogP contribution in [0, 0.1) is 10.1 Å². The van der Waals surface area contributed by atoms with Crippen LogP contribution in [-0.2, 0) is 6.42 Å². The highest BCUT2D eigenvalue weighted by Crippen LogP contribution is 2.30. The molecule has 0 fully saturated rings. The molecule has 0 saturated carbocycles. The molecule has 1 atom stereocenters. The topological polar surface area (TPSA) is 72.2 Å². The summed E-state index contributed by atoms with van der Waals surface area (Å²) in [5.74, 6) is -0.389. The lowest BCUT2D eigenvalue weighted by atomic mass is 9.87. The lowest BCUT2D eigenvalue weighted by molar-refractivity contribution is -0.384. The van der Waals surface area contributed by atoms with Crippen LogP contribution in [0.1, 0.15) is 40.4 Å². The lowest BCUT2D eigenvalue weighted by Crippen LogP contribution is -2.31. The number of rotatable bonds is 3. The van der Waals surface area contributed by atoms with E-state index in [0.29, 0.717) is 0 Å². The Kier molecular flexibility index (Phi) is 4.30. The number of hydrogen-bond acceptors (Lipinski definition) is 3. The summed E-state index contributed by atoms with van der Waals surface area (Å²) < 4.78 is 0. The van der Waals surface area contributed by atoms with Gasteiger partial charge in [-0.3, -0.25) is 14.9 Å². The van der Waals surface area contributed by atoms with Gasteiger partial charge in [0, 0.05) is 12.1 Å². The van der Waals surface area contributed by atoms with Crippen molar-refractivity contribution in [2.75, 3.05) is 0 Å². The zero-order chi connectivity index (χ0) is 16.4. The van der Waals surface area contributed by atoms with Crippen LogP contribution >= 0.6 is 11.6 Å². The van der Waals surface area contributed by atoms with Gasteiger partial charge < -0.3 is 5.32 Å². The Morgan fingerprint density at radius 3 is 2.83 bits per heavy atom. The highest BCUT2D eigenvalue weighted by molar-refractivity contribution is 6.34. The van der Waals surface area contributed by atoms with E-state index in [-0.39, 0.29) is 28.2 Å². The van der Waals surface area contributed by atoms with Gasteiger partial charge in [-0.15, -0.1) is 0 Å². The number of carbonyl (C=O) groups excluding carboxylic acids is 1. The quantitative estimate of drug-likeness (QED) is 0.681. The van der Waals surface area contributed by atoms with Crippen molar-refractivity contribution in [2.24, 2.45) is 0 Å². The molecule has 0 aromatic heterocycles. The maximum atomic E-state index is 12.5. The van der Waals surface area contributed by atoms with Crippen molar-refractivity contribution in [2.45, 2.75) is 25.3 Å². The number of halogens is 1. The molecule has 5 nitrogen and oxygen atoms in total. The molecule has 0 heterocycles. The molecule has 1 aliphatic carbocycles. The second kappa shape index (κ2) is 6.38. The number of nitro benzene ring substituents is 1. The summed E-state index contributed by atoms with van der Waals surface area (Å²) in [5, 5.41) is 14.0. The first-order valence-electron chi connectivity index (χ1n) is 7.39. The predicted octanol–water partition coefficient (Wildman–Crippen LogP) is 4.06. The van der Waals surface area contributed by atoms with Crippen molar-refractivity contribution < 1.29 is 9.72 Å². The van der Waals surface area contributed by atoms with Gasteiger partial charge in [0.1, 0.15) is 0 Å². The highest BCUT2D eigenvalue weighted by atomic mass is 35.5. The van der Waals surface area contributed by atoms with Gasteiger partial charge in [-0.05, 0) is 36.5 Å². The standard InChI is InChI=1S/C17H15ClN2O3/c18-15-9-8-12(20(22)23)10-14(15)17(21)19-16-7-3-5-11-4-1-2-6-13(11)16/h1-2,4,6,8-10,16H,3,5,7H2,(H,19,21)/t16-/m0/s1. The van der Waals surface area contributed by atoms with Crippen molar-refractivity contribution in [1.82, 2.24) is 5.32 Å². The predicted molar refractivity (Wildman–Crippen MR) is 87.7 cm³/mol. The average Bonchev–Trinajstić information content (AvgIpc) is 2.55. The van der Waals surface area contributed by atoms with Crippen molar-refractivity contribution in [3.8, 4) is 0 Å². The Balaban J connectivity index is 1.86. The van der Waals surface area contributed by atoms with E-state index in [2.05, 4.69) is 11.4 Å². The van der Waals surface area contributed by atoms with E-state index < -0.39 is 4.92 Å². The molecule has 6 heteroatoms. The summed E-state index contributed by atoms with van der Waals surface area (Å²) in [6.45, 7) is 0. The largest absolute Gasteiger partial charge is 0.345 e. The third-order valence-electron chi connectivity index (χ3n) is 4.08. The van der Waals surface area contributed by atoms with Crippen LogP contribution in [-0.4, -0.2) is 10.8 Å². The third-order valence-corrected chi connectivity index (χ3v) is 4.41. The Bertz CT molecular complexity index is 776. The normalized spacial score (nSPS) is 16.5. The molecular weight excluding hydrogens is 316 g/mol. The summed E-state index contributed by atoms with van der Waals surface area (Å²) in [4.78, 5) is 22.8. The Labute approximate surface area is 138 Å². The maximum Gasteiger partial charge on any atom is 0.270 e. The van der Waals surface area contributed by atoms with Crippen LogP contribution in [0.3, 0.4) is 0 Å². The highest BCUT2D eigenvalue weighted by Gasteiger charge is 2.23. The molecule has 23 heavy (non-hydrogen) atoms. The van der Waals surface area contributed by atoms with Gasteiger partial charge in [0.05, 0.1) is 21.6 Å². The molecule has 0 aliphatic heterocycles. The molecule has 118 valence electrons. The Morgan fingerprint density at radius 2 is 2.04 bits per heavy atom. The van der Waals surface area contributed by atoms with Crippen molar-refractivity contribution in [3.05, 3.63) is 74.3 Å². The fourth-order valence-corrected chi connectivity index (χ4v) is 3.14. The van der Waals surface area contributed by atoms with Crippen LogP contribution in [0.15, 0.2) is 42.5 Å². The summed E-state index contributed by atoms with van der Waals surface area (Å²) in [6, 6.07) is 11.8. The summed E-state index contributed by atoms with van der Waals surface area (Å²) in [6.07, 6.45) is 2.83. The molecular formula is C17H15ClN2O3. The molecule has 1 amide bonds. The SMILES string of the molecule is O=C(N[C@H]1CCCc2ccccc21)c1cc([N+](=O)[O-])ccc1Cl. The maximum absolute atomic E-state index is 12.5. The van der Waals surface area contributed by atoms with Crippen LogP contribution in [0.2, 0.25) is 5.02 Å². The molecule has 1 N–H and O–H groups in total. The van der Waals surface area contributed by atoms with Gasteiger partial charge in [-0.1, -0.05) is 35.9 Å². The smallest absolute Gasteiger partial charge is 0.270 e. The number of amides is 1. The number of benzene rings is 2. The summed E-state index contributed by atoms with van der Waals surface area (Å²) >= 11 is 6.03. The molecule has 3 rings (SSSR count). The van der Waals surface area contributed by atoms with E-state index in [1.54, 1.807) is 0 Å². The number of nitrogens with zero attached hydrogens (tertiary/aromatic N) is 1. The first-order valence-corrected chi connectivity index (χ1v) is 7.76. The fourth-order valence-electron chi connectivity index (χ4n) is 2.94. The first-order chi connectivity index (χ1) is 11.1. The minimum Gasteiger partial charge on any atom is -0.345 e. The van der Waals surface area contributed by atoms with E-state index in [9.17, 15) is 14.9 Å². The number of nitro groups is 1. The van der Waals surface area contributed by atoms with E-state index >= 15 is 0 Å². The number of non-ortho nitro benzene ring substituents is 1. The Hall–Kier alpha value is -2.40. The van der Waals surface area contributed by atoms with Crippen molar-refractivity contribution in [1.29, 1.82) is 0 Å². The van der Waals surface area contributed by atoms with Gasteiger partial charge in [0.2, 0.25) is 0 Å². The van der Waals surface area contributed by atoms with Gasteiger partial charge in [-0.2, -0.15) is 0 Å². The molecule has 0 saturated heterocycles. The molecule has 0 bridgehead atoms. The van der Waals surface area contributed by atoms with Crippen LogP contribution in [0.4, 0.5) is 5.69 Å². The molecule has 1 aliphatic rings. The first kappa shape index (κ1) is 15.5. The van der Waals surface area contributed by atoms with E-state index in [4.69, 9.17) is 11.6 Å². The number of carbonyl (C=O) groups is 1. The minimum atomic E-state index is -0.539. The lowest BCUT2D eigenvalue weighted by Gasteiger charge is -2.26. The Morgan fingerprint density at radius 1 is 1.26 bits per heavy atom. The molecule has 2 aromatic carbocycles.